The fraction of sp³-hybridized carbons (Fsp3) is 0.189. The van der Waals surface area contributed by atoms with E-state index in [1.54, 1.807) is 26.0 Å². The van der Waals surface area contributed by atoms with E-state index in [-0.39, 0.29) is 48.0 Å². The van der Waals surface area contributed by atoms with Gasteiger partial charge in [0.25, 0.3) is 10.0 Å². The molecule has 1 aliphatic rings. The number of carbonyl (C=O) groups excluding carboxylic acids is 2. The SMILES string of the molecule is CCOC(=O)C1=CC(C(=O)OCC)=C(N=P(c2ccccc2)(c2ccccc2)c2ccccc2)N(S(=O)(=O)c2ccc(C)cc2)CC1. The van der Waals surface area contributed by atoms with Gasteiger partial charge in [-0.25, -0.2) is 27.1 Å². The summed E-state index contributed by atoms with van der Waals surface area (Å²) in [5.74, 6) is -1.54. The summed E-state index contributed by atoms with van der Waals surface area (Å²) >= 11 is 0. The Morgan fingerprint density at radius 3 is 1.66 bits per heavy atom. The topological polar surface area (TPSA) is 102 Å². The molecular weight excluding hydrogens is 631 g/mol. The molecule has 242 valence electrons. The van der Waals surface area contributed by atoms with Crippen LogP contribution in [-0.4, -0.2) is 44.4 Å². The average molecular weight is 669 g/mol. The molecule has 0 fully saturated rings. The minimum atomic E-state index is -4.31. The zero-order valence-corrected chi connectivity index (χ0v) is 28.3. The fourth-order valence-corrected chi connectivity index (χ4v) is 10.4. The maximum atomic E-state index is 14.6. The van der Waals surface area contributed by atoms with Gasteiger partial charge in [-0.1, -0.05) is 109 Å². The largest absolute Gasteiger partial charge is 0.463 e. The van der Waals surface area contributed by atoms with Crippen LogP contribution in [0.1, 0.15) is 25.8 Å². The van der Waals surface area contributed by atoms with Gasteiger partial charge in [0, 0.05) is 28.0 Å². The zero-order valence-electron chi connectivity index (χ0n) is 26.6. The number of nitrogens with zero attached hydrogens (tertiary/aromatic N) is 2. The molecule has 1 heterocycles. The summed E-state index contributed by atoms with van der Waals surface area (Å²) in [6, 6.07) is 35.5. The van der Waals surface area contributed by atoms with Gasteiger partial charge in [-0.2, -0.15) is 0 Å². The molecule has 10 heteroatoms. The zero-order chi connectivity index (χ0) is 33.4. The third-order valence-electron chi connectivity index (χ3n) is 7.66. The van der Waals surface area contributed by atoms with E-state index >= 15 is 0 Å². The predicted octanol–water partition coefficient (Wildman–Crippen LogP) is 5.83. The molecule has 0 saturated heterocycles. The highest BCUT2D eigenvalue weighted by atomic mass is 32.2. The van der Waals surface area contributed by atoms with Crippen molar-refractivity contribution in [3.63, 3.8) is 0 Å². The van der Waals surface area contributed by atoms with Gasteiger partial charge in [0.2, 0.25) is 0 Å². The molecule has 0 bridgehead atoms. The molecule has 0 spiro atoms. The van der Waals surface area contributed by atoms with E-state index in [0.29, 0.717) is 0 Å². The van der Waals surface area contributed by atoms with E-state index in [2.05, 4.69) is 0 Å². The molecule has 1 aliphatic heterocycles. The molecular formula is C37H37N2O6PS. The summed E-state index contributed by atoms with van der Waals surface area (Å²) in [7, 11) is -7.40. The van der Waals surface area contributed by atoms with E-state index in [0.717, 1.165) is 25.8 Å². The molecule has 8 nitrogen and oxygen atoms in total. The number of rotatable bonds is 10. The van der Waals surface area contributed by atoms with Crippen molar-refractivity contribution < 1.29 is 27.5 Å². The van der Waals surface area contributed by atoms with Crippen LogP contribution in [0.4, 0.5) is 0 Å². The number of ether oxygens (including phenoxy) is 2. The maximum Gasteiger partial charge on any atom is 0.341 e. The standard InChI is InChI=1S/C37H37N2O6PS/c1-4-44-36(40)29-25-26-39(47(42,43)33-23-21-28(3)22-24-33)35(34(27-29)37(41)45-5-2)38-46(30-15-9-6-10-16-30,31-17-11-7-12-18-31)32-19-13-8-14-20-32/h6-24,27H,4-5,25-26H2,1-3H3. The third kappa shape index (κ3) is 7.02. The van der Waals surface area contributed by atoms with Crippen molar-refractivity contribution in [2.75, 3.05) is 19.8 Å². The van der Waals surface area contributed by atoms with Gasteiger partial charge in [0.05, 0.1) is 25.2 Å². The van der Waals surface area contributed by atoms with Gasteiger partial charge in [-0.05, 0) is 45.4 Å². The molecule has 4 aromatic carbocycles. The van der Waals surface area contributed by atoms with Gasteiger partial charge in [0.15, 0.2) is 5.82 Å². The highest BCUT2D eigenvalue weighted by Gasteiger charge is 2.37. The second kappa shape index (κ2) is 14.8. The Morgan fingerprint density at radius 2 is 1.19 bits per heavy atom. The van der Waals surface area contributed by atoms with Crippen LogP contribution in [0.25, 0.3) is 0 Å². The van der Waals surface area contributed by atoms with Crippen molar-refractivity contribution in [1.29, 1.82) is 0 Å². The number of benzene rings is 4. The number of aryl methyl sites for hydroxylation is 1. The lowest BCUT2D eigenvalue weighted by Gasteiger charge is -2.31. The first-order valence-electron chi connectivity index (χ1n) is 15.4. The number of hydrogen-bond acceptors (Lipinski definition) is 7. The molecule has 0 radical (unpaired) electrons. The Morgan fingerprint density at radius 1 is 0.723 bits per heavy atom. The lowest BCUT2D eigenvalue weighted by molar-refractivity contribution is -0.138. The fourth-order valence-electron chi connectivity index (χ4n) is 5.39. The van der Waals surface area contributed by atoms with E-state index in [1.807, 2.05) is 97.9 Å². The first-order chi connectivity index (χ1) is 22.7. The molecule has 0 saturated carbocycles. The van der Waals surface area contributed by atoms with Crippen molar-refractivity contribution >= 4 is 44.9 Å². The van der Waals surface area contributed by atoms with Crippen LogP contribution in [0.15, 0.2) is 148 Å². The van der Waals surface area contributed by atoms with Crippen molar-refractivity contribution in [2.24, 2.45) is 4.74 Å². The lowest BCUT2D eigenvalue weighted by Crippen LogP contribution is -2.33. The van der Waals surface area contributed by atoms with E-state index < -0.39 is 29.0 Å². The number of sulfonamides is 1. The number of esters is 2. The molecule has 0 atom stereocenters. The highest BCUT2D eigenvalue weighted by molar-refractivity contribution is 7.89. The quantitative estimate of drug-likeness (QED) is 0.156. The van der Waals surface area contributed by atoms with Crippen molar-refractivity contribution in [2.45, 2.75) is 32.1 Å². The van der Waals surface area contributed by atoms with Crippen LogP contribution >= 0.6 is 7.05 Å². The second-order valence-electron chi connectivity index (χ2n) is 10.7. The molecule has 0 aliphatic carbocycles. The molecule has 4 aromatic rings. The van der Waals surface area contributed by atoms with Gasteiger partial charge >= 0.3 is 11.9 Å². The second-order valence-corrected chi connectivity index (χ2v) is 15.6. The molecule has 0 unspecified atom stereocenters. The maximum absolute atomic E-state index is 14.6. The summed E-state index contributed by atoms with van der Waals surface area (Å²) in [5, 5.41) is 2.54. The molecule has 5 rings (SSSR count). The minimum Gasteiger partial charge on any atom is -0.463 e. The smallest absolute Gasteiger partial charge is 0.341 e. The Bertz CT molecular complexity index is 1850. The lowest BCUT2D eigenvalue weighted by atomic mass is 10.1. The normalized spacial score (nSPS) is 13.8. The van der Waals surface area contributed by atoms with Crippen molar-refractivity contribution in [1.82, 2.24) is 4.31 Å². The van der Waals surface area contributed by atoms with Gasteiger partial charge in [0.1, 0.15) is 5.57 Å². The molecule has 0 N–H and O–H groups in total. The number of hydrogen-bond donors (Lipinski definition) is 0. The summed E-state index contributed by atoms with van der Waals surface area (Å²) in [4.78, 5) is 27.1. The predicted molar refractivity (Wildman–Crippen MR) is 186 cm³/mol. The average Bonchev–Trinajstić information content (AvgIpc) is 3.29. The first-order valence-corrected chi connectivity index (χ1v) is 18.6. The van der Waals surface area contributed by atoms with Crippen LogP contribution < -0.4 is 15.9 Å². The Balaban J connectivity index is 1.98. The van der Waals surface area contributed by atoms with Crippen molar-refractivity contribution in [3.05, 3.63) is 144 Å². The van der Waals surface area contributed by atoms with Crippen LogP contribution in [0.2, 0.25) is 0 Å². The molecule has 47 heavy (non-hydrogen) atoms. The minimum absolute atomic E-state index is 0.0146. The summed E-state index contributed by atoms with van der Waals surface area (Å²) in [6.07, 6.45) is 1.37. The molecule has 0 aromatic heterocycles. The Labute approximate surface area is 276 Å². The Kier molecular flexibility index (Phi) is 10.6. The van der Waals surface area contributed by atoms with Gasteiger partial charge in [-0.15, -0.1) is 0 Å². The summed E-state index contributed by atoms with van der Waals surface area (Å²) in [6.45, 7) is 5.19. The monoisotopic (exact) mass is 668 g/mol. The van der Waals surface area contributed by atoms with Gasteiger partial charge < -0.3 is 9.47 Å². The summed E-state index contributed by atoms with van der Waals surface area (Å²) < 4.78 is 46.7. The van der Waals surface area contributed by atoms with Crippen LogP contribution in [0, 0.1) is 6.92 Å². The third-order valence-corrected chi connectivity index (χ3v) is 13.1. The van der Waals surface area contributed by atoms with Gasteiger partial charge in [-0.3, -0.25) is 0 Å². The van der Waals surface area contributed by atoms with Crippen LogP contribution in [-0.2, 0) is 29.1 Å². The van der Waals surface area contributed by atoms with E-state index in [4.69, 9.17) is 14.2 Å². The Hall–Kier alpha value is -4.72. The number of carbonyl (C=O) groups is 2. The van der Waals surface area contributed by atoms with Crippen LogP contribution in [0.3, 0.4) is 0 Å². The first kappa shape index (κ1) is 33.6. The van der Waals surface area contributed by atoms with Crippen LogP contribution in [0.5, 0.6) is 0 Å². The van der Waals surface area contributed by atoms with E-state index in [9.17, 15) is 18.0 Å². The van der Waals surface area contributed by atoms with Crippen molar-refractivity contribution in [3.8, 4) is 0 Å². The summed E-state index contributed by atoms with van der Waals surface area (Å²) in [5.41, 5.74) is 0.892. The highest BCUT2D eigenvalue weighted by Crippen LogP contribution is 2.49. The molecule has 0 amide bonds. The van der Waals surface area contributed by atoms with E-state index in [1.165, 1.54) is 18.2 Å².